The Hall–Kier alpha value is -3.93. The first-order valence-corrected chi connectivity index (χ1v) is 10.9. The second-order valence-electron chi connectivity index (χ2n) is 8.26. The van der Waals surface area contributed by atoms with Gasteiger partial charge in [-0.25, -0.2) is 9.18 Å². The van der Waals surface area contributed by atoms with Gasteiger partial charge in [-0.15, -0.1) is 0 Å². The minimum atomic E-state index is -0.373. The van der Waals surface area contributed by atoms with Gasteiger partial charge < -0.3 is 15.2 Å². The molecule has 0 aliphatic carbocycles. The number of aryl methyl sites for hydroxylation is 2. The number of aromatic amines is 1. The van der Waals surface area contributed by atoms with E-state index in [1.54, 1.807) is 4.90 Å². The molecule has 3 aromatic carbocycles. The molecule has 4 rings (SSSR count). The molecule has 0 atom stereocenters. The van der Waals surface area contributed by atoms with Crippen LogP contribution in [-0.4, -0.2) is 22.5 Å². The van der Waals surface area contributed by atoms with Crippen LogP contribution in [0.15, 0.2) is 77.6 Å². The topological polar surface area (TPSA) is 65.2 Å². The van der Waals surface area contributed by atoms with Crippen molar-refractivity contribution in [3.05, 3.63) is 111 Å². The number of hydrogen-bond donors (Lipinski definition) is 2. The molecular formula is C27H26FN3O2. The number of fused-ring (bicyclic) bond motifs is 1. The molecule has 2 amide bonds. The van der Waals surface area contributed by atoms with Crippen molar-refractivity contribution in [1.82, 2.24) is 9.88 Å². The van der Waals surface area contributed by atoms with Crippen molar-refractivity contribution < 1.29 is 9.18 Å². The van der Waals surface area contributed by atoms with Crippen LogP contribution in [0.5, 0.6) is 0 Å². The summed E-state index contributed by atoms with van der Waals surface area (Å²) in [6.07, 6.45) is 0.640. The predicted octanol–water partition coefficient (Wildman–Crippen LogP) is 5.56. The fourth-order valence-electron chi connectivity index (χ4n) is 3.94. The molecule has 4 aromatic rings. The number of carbonyl (C=O) groups is 1. The highest BCUT2D eigenvalue weighted by Crippen LogP contribution is 2.19. The largest absolute Gasteiger partial charge is 0.322 e. The van der Waals surface area contributed by atoms with Crippen molar-refractivity contribution in [2.45, 2.75) is 26.8 Å². The molecule has 6 heteroatoms. The molecule has 0 spiro atoms. The van der Waals surface area contributed by atoms with E-state index in [9.17, 15) is 14.0 Å². The molecule has 0 unspecified atom stereocenters. The van der Waals surface area contributed by atoms with Gasteiger partial charge in [-0.05, 0) is 73.4 Å². The van der Waals surface area contributed by atoms with Crippen LogP contribution in [-0.2, 0) is 13.0 Å². The zero-order chi connectivity index (χ0) is 23.4. The maximum Gasteiger partial charge on any atom is 0.322 e. The molecule has 33 heavy (non-hydrogen) atoms. The standard InChI is InChI=1S/C27H26FN3O2/c1-18-14-19(2)24-16-21(26(32)30-25(24)15-18)17-31(13-12-20-6-4-3-5-7-20)27(33)29-23-10-8-22(28)9-11-23/h3-11,14-16H,12-13,17H2,1-2H3,(H,29,33)(H,30,32). The molecule has 0 radical (unpaired) electrons. The van der Waals surface area contributed by atoms with Crippen molar-refractivity contribution in [3.8, 4) is 0 Å². The van der Waals surface area contributed by atoms with Crippen molar-refractivity contribution in [2.75, 3.05) is 11.9 Å². The Balaban J connectivity index is 1.62. The molecule has 5 nitrogen and oxygen atoms in total. The highest BCUT2D eigenvalue weighted by molar-refractivity contribution is 5.89. The smallest absolute Gasteiger partial charge is 0.322 e. The molecule has 168 valence electrons. The lowest BCUT2D eigenvalue weighted by molar-refractivity contribution is 0.209. The van der Waals surface area contributed by atoms with Crippen LogP contribution in [0.3, 0.4) is 0 Å². The van der Waals surface area contributed by atoms with E-state index in [0.29, 0.717) is 24.2 Å². The van der Waals surface area contributed by atoms with Crippen molar-refractivity contribution in [2.24, 2.45) is 0 Å². The lowest BCUT2D eigenvalue weighted by Crippen LogP contribution is -2.37. The first-order chi connectivity index (χ1) is 15.9. The number of aromatic nitrogens is 1. The molecular weight excluding hydrogens is 417 g/mol. The van der Waals surface area contributed by atoms with E-state index in [4.69, 9.17) is 0 Å². The summed E-state index contributed by atoms with van der Waals surface area (Å²) >= 11 is 0. The van der Waals surface area contributed by atoms with Gasteiger partial charge in [0.1, 0.15) is 5.82 Å². The quantitative estimate of drug-likeness (QED) is 0.410. The summed E-state index contributed by atoms with van der Waals surface area (Å²) in [4.78, 5) is 30.5. The third-order valence-electron chi connectivity index (χ3n) is 5.65. The average molecular weight is 444 g/mol. The maximum absolute atomic E-state index is 13.2. The fourth-order valence-corrected chi connectivity index (χ4v) is 3.94. The molecule has 1 heterocycles. The van der Waals surface area contributed by atoms with E-state index in [1.165, 1.54) is 24.3 Å². The Kier molecular flexibility index (Phi) is 6.54. The number of urea groups is 1. The third-order valence-corrected chi connectivity index (χ3v) is 5.65. The number of amides is 2. The van der Waals surface area contributed by atoms with Crippen LogP contribution in [0, 0.1) is 19.7 Å². The summed E-state index contributed by atoms with van der Waals surface area (Å²) in [7, 11) is 0. The normalized spacial score (nSPS) is 10.9. The SMILES string of the molecule is Cc1cc(C)c2cc(CN(CCc3ccccc3)C(=O)Nc3ccc(F)cc3)c(=O)[nH]c2c1. The van der Waals surface area contributed by atoms with E-state index in [2.05, 4.69) is 16.4 Å². The summed E-state index contributed by atoms with van der Waals surface area (Å²) in [6.45, 7) is 4.56. The van der Waals surface area contributed by atoms with E-state index in [-0.39, 0.29) is 24.0 Å². The summed E-state index contributed by atoms with van der Waals surface area (Å²) in [5, 5.41) is 3.77. The maximum atomic E-state index is 13.2. The van der Waals surface area contributed by atoms with Crippen LogP contribution in [0.2, 0.25) is 0 Å². The van der Waals surface area contributed by atoms with Crippen LogP contribution in [0.25, 0.3) is 10.9 Å². The Morgan fingerprint density at radius 3 is 2.45 bits per heavy atom. The van der Waals surface area contributed by atoms with Crippen molar-refractivity contribution in [3.63, 3.8) is 0 Å². The third kappa shape index (κ3) is 5.47. The number of halogens is 1. The highest BCUT2D eigenvalue weighted by atomic mass is 19.1. The van der Waals surface area contributed by atoms with E-state index >= 15 is 0 Å². The van der Waals surface area contributed by atoms with Gasteiger partial charge in [-0.2, -0.15) is 0 Å². The van der Waals surface area contributed by atoms with Gasteiger partial charge in [0.05, 0.1) is 6.54 Å². The summed E-state index contributed by atoms with van der Waals surface area (Å²) in [6, 6.07) is 21.0. The molecule has 2 N–H and O–H groups in total. The van der Waals surface area contributed by atoms with Gasteiger partial charge in [0.25, 0.3) is 5.56 Å². The number of hydrogen-bond acceptors (Lipinski definition) is 2. The number of rotatable bonds is 6. The molecule has 0 bridgehead atoms. The monoisotopic (exact) mass is 443 g/mol. The molecule has 0 aliphatic rings. The Bertz CT molecular complexity index is 1330. The zero-order valence-corrected chi connectivity index (χ0v) is 18.7. The number of nitrogens with zero attached hydrogens (tertiary/aromatic N) is 1. The Labute approximate surface area is 191 Å². The van der Waals surface area contributed by atoms with Crippen molar-refractivity contribution in [1.29, 1.82) is 0 Å². The van der Waals surface area contributed by atoms with E-state index in [1.807, 2.05) is 56.3 Å². The Morgan fingerprint density at radius 2 is 1.73 bits per heavy atom. The van der Waals surface area contributed by atoms with Gasteiger partial charge in [0.2, 0.25) is 0 Å². The zero-order valence-electron chi connectivity index (χ0n) is 18.7. The summed E-state index contributed by atoms with van der Waals surface area (Å²) < 4.78 is 13.2. The minimum Gasteiger partial charge on any atom is -0.322 e. The number of carbonyl (C=O) groups excluding carboxylic acids is 1. The number of pyridine rings is 1. The van der Waals surface area contributed by atoms with Crippen molar-refractivity contribution >= 4 is 22.6 Å². The second kappa shape index (κ2) is 9.69. The summed E-state index contributed by atoms with van der Waals surface area (Å²) in [5.74, 6) is -0.373. The second-order valence-corrected chi connectivity index (χ2v) is 8.26. The van der Waals surface area contributed by atoms with Crippen LogP contribution in [0.1, 0.15) is 22.3 Å². The van der Waals surface area contributed by atoms with Gasteiger partial charge in [-0.1, -0.05) is 36.4 Å². The van der Waals surface area contributed by atoms with E-state index in [0.717, 1.165) is 27.6 Å². The van der Waals surface area contributed by atoms with Gasteiger partial charge in [0, 0.05) is 28.7 Å². The molecule has 0 fully saturated rings. The fraction of sp³-hybridized carbons (Fsp3) is 0.185. The number of anilines is 1. The molecule has 1 aromatic heterocycles. The molecule has 0 aliphatic heterocycles. The molecule has 0 saturated carbocycles. The van der Waals surface area contributed by atoms with Crippen LogP contribution < -0.4 is 10.9 Å². The summed E-state index contributed by atoms with van der Waals surface area (Å²) in [5.41, 5.74) is 4.80. The lowest BCUT2D eigenvalue weighted by atomic mass is 10.0. The number of H-pyrrole nitrogens is 1. The number of benzene rings is 3. The Morgan fingerprint density at radius 1 is 1.00 bits per heavy atom. The van der Waals surface area contributed by atoms with Crippen LogP contribution in [0.4, 0.5) is 14.9 Å². The van der Waals surface area contributed by atoms with Gasteiger partial charge in [0.15, 0.2) is 0 Å². The van der Waals surface area contributed by atoms with E-state index < -0.39 is 0 Å². The minimum absolute atomic E-state index is 0.151. The average Bonchev–Trinajstić information content (AvgIpc) is 2.79. The predicted molar refractivity (Wildman–Crippen MR) is 130 cm³/mol. The molecule has 0 saturated heterocycles. The lowest BCUT2D eigenvalue weighted by Gasteiger charge is -2.23. The number of nitrogens with one attached hydrogen (secondary N) is 2. The highest BCUT2D eigenvalue weighted by Gasteiger charge is 2.17. The van der Waals surface area contributed by atoms with Crippen LogP contribution >= 0.6 is 0 Å². The first-order valence-electron chi connectivity index (χ1n) is 10.9. The first kappa shape index (κ1) is 22.3. The van der Waals surface area contributed by atoms with Gasteiger partial charge in [-0.3, -0.25) is 4.79 Å². The van der Waals surface area contributed by atoms with Gasteiger partial charge >= 0.3 is 6.03 Å².